The predicted molar refractivity (Wildman–Crippen MR) is 517 cm³/mol. The Balaban J connectivity index is 0.0000000986. The van der Waals surface area contributed by atoms with Gasteiger partial charge < -0.3 is 4.42 Å². The highest BCUT2D eigenvalue weighted by atomic mass is 16.3. The van der Waals surface area contributed by atoms with Gasteiger partial charge in [-0.1, -0.05) is 282 Å². The number of rotatable bonds is 7. The molecular formula is C117H90N10O. The zero-order valence-corrected chi connectivity index (χ0v) is 72.8. The van der Waals surface area contributed by atoms with Crippen molar-refractivity contribution in [2.45, 2.75) is 84.0 Å². The molecule has 6 aromatic heterocycles. The van der Waals surface area contributed by atoms with Gasteiger partial charge in [-0.3, -0.25) is 0 Å². The minimum atomic E-state index is -0.384. The number of nitrogens with zero attached hydrogens (tertiary/aromatic N) is 10. The van der Waals surface area contributed by atoms with E-state index < -0.39 is 0 Å². The highest BCUT2D eigenvalue weighted by molar-refractivity contribution is 6.08. The third-order valence-corrected chi connectivity index (χ3v) is 27.1. The number of benzene rings is 14. The second-order valence-electron chi connectivity index (χ2n) is 35.0. The summed E-state index contributed by atoms with van der Waals surface area (Å²) in [6.07, 6.45) is 26.6. The van der Waals surface area contributed by atoms with Gasteiger partial charge in [0.2, 0.25) is 0 Å². The maximum Gasteiger partial charge on any atom is 0.135 e. The molecule has 0 aliphatic heterocycles. The summed E-state index contributed by atoms with van der Waals surface area (Å²) in [4.78, 5) is 41.8. The van der Waals surface area contributed by atoms with Gasteiger partial charge in [-0.05, 0) is 249 Å². The number of fused-ring (bicyclic) bond motifs is 22. The van der Waals surface area contributed by atoms with Crippen LogP contribution in [-0.4, -0.2) is 49.8 Å². The summed E-state index contributed by atoms with van der Waals surface area (Å²) in [6.45, 7) is 20.2. The lowest BCUT2D eigenvalue weighted by molar-refractivity contribution is 0.660. The SMILES string of the molecule is Cc1ccc(-c2cncnc2)c2c1-c1ccccc1C2(C)C.Cc1cccc2c1-c1ccc(-c3cncnc3)cc1C2(C)C.Cc1cccc2c1-c1ccc(-c3cncnc3)cc1C2(c1ccccc1)c1ccccc1.Cc1cccc2c1-c1ccc(-c3cncnc3)cc1C21c2ccccc2-c2ccccc21.Cc1cccc2oc3ccc(-c4cncnc4)cc3c12. The lowest BCUT2D eigenvalue weighted by atomic mass is 9.67. The highest BCUT2D eigenvalue weighted by Crippen LogP contribution is 2.65. The molecule has 0 saturated carbocycles. The van der Waals surface area contributed by atoms with Crippen LogP contribution in [0.15, 0.2) is 389 Å². The quantitative estimate of drug-likeness (QED) is 0.150. The third kappa shape index (κ3) is 13.0. The first-order chi connectivity index (χ1) is 62.6. The van der Waals surface area contributed by atoms with E-state index in [1.165, 1.54) is 167 Å². The van der Waals surface area contributed by atoms with Crippen LogP contribution in [0.3, 0.4) is 0 Å². The predicted octanol–water partition coefficient (Wildman–Crippen LogP) is 27.5. The Morgan fingerprint density at radius 3 is 1.05 bits per heavy atom. The van der Waals surface area contributed by atoms with E-state index >= 15 is 0 Å². The summed E-state index contributed by atoms with van der Waals surface area (Å²) < 4.78 is 5.89. The molecule has 20 aromatic rings. The molecule has 14 aromatic carbocycles. The van der Waals surface area contributed by atoms with Crippen molar-refractivity contribution in [3.05, 3.63) is 479 Å². The van der Waals surface area contributed by atoms with Crippen molar-refractivity contribution in [2.24, 2.45) is 0 Å². The monoisotopic (exact) mass is 1650 g/mol. The van der Waals surface area contributed by atoms with Gasteiger partial charge in [-0.25, -0.2) is 49.8 Å². The summed E-state index contributed by atoms with van der Waals surface area (Å²) in [5.41, 5.74) is 48.5. The molecule has 0 bridgehead atoms. The van der Waals surface area contributed by atoms with Crippen molar-refractivity contribution in [3.8, 4) is 111 Å². The fraction of sp³-hybridized carbons (Fsp3) is 0.111. The zero-order valence-electron chi connectivity index (χ0n) is 72.8. The maximum absolute atomic E-state index is 5.89. The van der Waals surface area contributed by atoms with Gasteiger partial charge in [0.15, 0.2) is 0 Å². The van der Waals surface area contributed by atoms with E-state index in [2.05, 4.69) is 379 Å². The molecule has 0 N–H and O–H groups in total. The fourth-order valence-electron chi connectivity index (χ4n) is 21.3. The second kappa shape index (κ2) is 32.1. The molecule has 0 saturated heterocycles. The van der Waals surface area contributed by atoms with E-state index in [4.69, 9.17) is 4.42 Å². The molecule has 5 aliphatic rings. The second-order valence-corrected chi connectivity index (χ2v) is 35.0. The van der Waals surface area contributed by atoms with Crippen LogP contribution >= 0.6 is 0 Å². The minimum Gasteiger partial charge on any atom is -0.456 e. The molecule has 11 heteroatoms. The Bertz CT molecular complexity index is 7440. The number of furan rings is 1. The molecule has 25 rings (SSSR count). The average molecular weight is 1650 g/mol. The minimum absolute atomic E-state index is 0.0108. The third-order valence-electron chi connectivity index (χ3n) is 27.1. The zero-order chi connectivity index (χ0) is 87.0. The van der Waals surface area contributed by atoms with Gasteiger partial charge in [0.1, 0.15) is 42.8 Å². The van der Waals surface area contributed by atoms with Gasteiger partial charge in [-0.15, -0.1) is 0 Å². The fourth-order valence-corrected chi connectivity index (χ4v) is 21.3. The number of aryl methyl sites for hydroxylation is 5. The summed E-state index contributed by atoms with van der Waals surface area (Å²) in [6, 6.07) is 106. The van der Waals surface area contributed by atoms with Crippen LogP contribution in [0.25, 0.3) is 133 Å². The van der Waals surface area contributed by atoms with Gasteiger partial charge in [0.25, 0.3) is 0 Å². The normalized spacial score (nSPS) is 13.6. The Kier molecular flexibility index (Phi) is 19.9. The van der Waals surface area contributed by atoms with Crippen molar-refractivity contribution < 1.29 is 4.42 Å². The Morgan fingerprint density at radius 1 is 0.211 bits per heavy atom. The van der Waals surface area contributed by atoms with E-state index in [-0.39, 0.29) is 21.7 Å². The molecule has 0 fully saturated rings. The van der Waals surface area contributed by atoms with Crippen molar-refractivity contribution in [1.82, 2.24) is 49.8 Å². The first kappa shape index (κ1) is 79.5. The molecule has 6 heterocycles. The lowest BCUT2D eigenvalue weighted by Crippen LogP contribution is -2.28. The van der Waals surface area contributed by atoms with Crippen molar-refractivity contribution in [1.29, 1.82) is 0 Å². The Hall–Kier alpha value is -15.7. The van der Waals surface area contributed by atoms with E-state index in [9.17, 15) is 0 Å². The van der Waals surface area contributed by atoms with Crippen LogP contribution in [-0.2, 0) is 21.7 Å². The molecule has 1 spiro atoms. The average Bonchev–Trinajstić information content (AvgIpc) is 1.51. The van der Waals surface area contributed by atoms with Crippen LogP contribution in [0.4, 0.5) is 0 Å². The van der Waals surface area contributed by atoms with Crippen LogP contribution in [0.5, 0.6) is 0 Å². The largest absolute Gasteiger partial charge is 0.456 e. The molecule has 614 valence electrons. The molecule has 0 unspecified atom stereocenters. The molecule has 11 nitrogen and oxygen atoms in total. The van der Waals surface area contributed by atoms with Crippen molar-refractivity contribution >= 4 is 21.9 Å². The molecule has 5 aliphatic carbocycles. The molecular weight excluding hydrogens is 1560 g/mol. The highest BCUT2D eigenvalue weighted by Gasteiger charge is 2.53. The van der Waals surface area contributed by atoms with Gasteiger partial charge >= 0.3 is 0 Å². The van der Waals surface area contributed by atoms with Crippen LogP contribution in [0.2, 0.25) is 0 Å². The van der Waals surface area contributed by atoms with Crippen LogP contribution < -0.4 is 0 Å². The summed E-state index contributed by atoms with van der Waals surface area (Å²) in [5, 5.41) is 2.32. The summed E-state index contributed by atoms with van der Waals surface area (Å²) in [7, 11) is 0. The van der Waals surface area contributed by atoms with E-state index in [0.717, 1.165) is 61.1 Å². The van der Waals surface area contributed by atoms with Gasteiger partial charge in [-0.2, -0.15) is 0 Å². The number of hydrogen-bond donors (Lipinski definition) is 0. The van der Waals surface area contributed by atoms with E-state index in [1.807, 2.05) is 86.2 Å². The van der Waals surface area contributed by atoms with Crippen LogP contribution in [0.1, 0.15) is 122 Å². The molecule has 0 radical (unpaired) electrons. The number of hydrogen-bond acceptors (Lipinski definition) is 11. The summed E-state index contributed by atoms with van der Waals surface area (Å²) in [5.74, 6) is 0. The summed E-state index contributed by atoms with van der Waals surface area (Å²) >= 11 is 0. The molecule has 0 amide bonds. The van der Waals surface area contributed by atoms with Gasteiger partial charge in [0, 0.05) is 111 Å². The first-order valence-corrected chi connectivity index (χ1v) is 43.6. The first-order valence-electron chi connectivity index (χ1n) is 43.6. The standard InChI is InChI=1S/C30H20N2.C30H22N2.2C20H18N2.C17H12N2O/c1-19-7-6-12-27-29(19)24-14-13-20(21-16-31-18-32-17-21)15-28(24)30(27)25-10-4-2-8-22(25)23-9-3-5-11-26(23)30;1-21-9-8-14-27-29(21)26-16-15-22(23-18-31-20-32-19-23)17-28(26)30(27,24-10-4-2-5-11-24)25-12-6-3-7-13-25;1-13-5-4-6-17-19(13)16-8-7-14(9-18(16)20(17,2)3)15-10-21-12-22-11-15;1-13-8-9-15(14-10-21-12-22-11-14)19-18(13)16-6-4-5-7-17(16)20(19,2)3;1-11-3-2-4-16-17(11)14-7-12(5-6-15(14)20-16)13-8-18-10-19-9-13/h2-18H,1H3;2-20H,1H3;2*4-12H,1-3H3;2-10H,1H3. The number of aromatic nitrogens is 10. The Labute approximate surface area is 745 Å². The van der Waals surface area contributed by atoms with Crippen molar-refractivity contribution in [3.63, 3.8) is 0 Å². The lowest BCUT2D eigenvalue weighted by Gasteiger charge is -2.34. The van der Waals surface area contributed by atoms with E-state index in [0.29, 0.717) is 0 Å². The van der Waals surface area contributed by atoms with Crippen LogP contribution in [0, 0.1) is 34.6 Å². The smallest absolute Gasteiger partial charge is 0.135 e. The van der Waals surface area contributed by atoms with E-state index in [1.54, 1.807) is 31.6 Å². The molecule has 0 atom stereocenters. The topological polar surface area (TPSA) is 142 Å². The molecule has 128 heavy (non-hydrogen) atoms. The van der Waals surface area contributed by atoms with Crippen molar-refractivity contribution in [2.75, 3.05) is 0 Å². The maximum atomic E-state index is 5.89. The Morgan fingerprint density at radius 2 is 0.555 bits per heavy atom. The van der Waals surface area contributed by atoms with Gasteiger partial charge in [0.05, 0.1) is 10.8 Å².